The molecule has 0 aliphatic rings. The van der Waals surface area contributed by atoms with Gasteiger partial charge >= 0.3 is 0 Å². The van der Waals surface area contributed by atoms with Crippen LogP contribution in [0.4, 0.5) is 11.4 Å². The Kier molecular flexibility index (Phi) is 4.35. The second-order valence-electron chi connectivity index (χ2n) is 4.86. The first-order chi connectivity index (χ1) is 9.58. The van der Waals surface area contributed by atoms with Gasteiger partial charge in [-0.05, 0) is 43.0 Å². The highest BCUT2D eigenvalue weighted by atomic mass is 16.6. The van der Waals surface area contributed by atoms with Crippen LogP contribution in [0.2, 0.25) is 0 Å². The van der Waals surface area contributed by atoms with Crippen LogP contribution >= 0.6 is 0 Å². The van der Waals surface area contributed by atoms with Gasteiger partial charge in [0.15, 0.2) is 0 Å². The van der Waals surface area contributed by atoms with E-state index in [1.54, 1.807) is 12.1 Å². The summed E-state index contributed by atoms with van der Waals surface area (Å²) in [5.41, 5.74) is 4.58. The lowest BCUT2D eigenvalue weighted by molar-refractivity contribution is -0.384. The SMILES string of the molecule is Cc1ccccc1CCNc1ccc([N+](=O)[O-])cc1C. The molecule has 0 spiro atoms. The molecule has 0 unspecified atom stereocenters. The first kappa shape index (κ1) is 14.1. The van der Waals surface area contributed by atoms with E-state index in [0.717, 1.165) is 24.2 Å². The van der Waals surface area contributed by atoms with Gasteiger partial charge in [-0.2, -0.15) is 0 Å². The van der Waals surface area contributed by atoms with Gasteiger partial charge in [0.2, 0.25) is 0 Å². The molecule has 0 radical (unpaired) electrons. The highest BCUT2D eigenvalue weighted by Gasteiger charge is 2.07. The fourth-order valence-electron chi connectivity index (χ4n) is 2.18. The van der Waals surface area contributed by atoms with E-state index in [0.29, 0.717) is 0 Å². The lowest BCUT2D eigenvalue weighted by atomic mass is 10.1. The summed E-state index contributed by atoms with van der Waals surface area (Å²) in [6.45, 7) is 4.79. The molecule has 104 valence electrons. The second kappa shape index (κ2) is 6.19. The largest absolute Gasteiger partial charge is 0.384 e. The number of benzene rings is 2. The van der Waals surface area contributed by atoms with Crippen LogP contribution in [0.15, 0.2) is 42.5 Å². The van der Waals surface area contributed by atoms with E-state index in [1.807, 2.05) is 19.1 Å². The number of hydrogen-bond donors (Lipinski definition) is 1. The molecule has 0 saturated heterocycles. The fraction of sp³-hybridized carbons (Fsp3) is 0.250. The molecule has 0 atom stereocenters. The highest BCUT2D eigenvalue weighted by molar-refractivity contribution is 5.55. The summed E-state index contributed by atoms with van der Waals surface area (Å²) in [4.78, 5) is 10.3. The number of nitrogens with zero attached hydrogens (tertiary/aromatic N) is 1. The molecular formula is C16H18N2O2. The second-order valence-corrected chi connectivity index (χ2v) is 4.86. The van der Waals surface area contributed by atoms with Gasteiger partial charge in [-0.25, -0.2) is 0 Å². The van der Waals surface area contributed by atoms with Crippen molar-refractivity contribution in [3.8, 4) is 0 Å². The standard InChI is InChI=1S/C16H18N2O2/c1-12-5-3-4-6-14(12)9-10-17-16-8-7-15(18(19)20)11-13(16)2/h3-8,11,17H,9-10H2,1-2H3. The third kappa shape index (κ3) is 3.35. The number of nitrogens with one attached hydrogen (secondary N) is 1. The molecule has 4 nitrogen and oxygen atoms in total. The van der Waals surface area contributed by atoms with Crippen molar-refractivity contribution in [3.63, 3.8) is 0 Å². The molecule has 0 aromatic heterocycles. The summed E-state index contributed by atoms with van der Waals surface area (Å²) in [7, 11) is 0. The van der Waals surface area contributed by atoms with Crippen molar-refractivity contribution in [2.75, 3.05) is 11.9 Å². The van der Waals surface area contributed by atoms with Crippen LogP contribution in [0.1, 0.15) is 16.7 Å². The van der Waals surface area contributed by atoms with Crippen LogP contribution in [0.25, 0.3) is 0 Å². The van der Waals surface area contributed by atoms with E-state index in [1.165, 1.54) is 17.2 Å². The van der Waals surface area contributed by atoms with Gasteiger partial charge in [-0.15, -0.1) is 0 Å². The van der Waals surface area contributed by atoms with Crippen molar-refractivity contribution < 1.29 is 4.92 Å². The minimum Gasteiger partial charge on any atom is -0.384 e. The van der Waals surface area contributed by atoms with Crippen molar-refractivity contribution in [1.82, 2.24) is 0 Å². The van der Waals surface area contributed by atoms with Gasteiger partial charge in [-0.1, -0.05) is 24.3 Å². The van der Waals surface area contributed by atoms with Crippen LogP contribution < -0.4 is 5.32 Å². The normalized spacial score (nSPS) is 10.3. The predicted molar refractivity (Wildman–Crippen MR) is 81.2 cm³/mol. The lowest BCUT2D eigenvalue weighted by Crippen LogP contribution is -2.07. The molecule has 0 fully saturated rings. The van der Waals surface area contributed by atoms with Gasteiger partial charge in [0.1, 0.15) is 0 Å². The fourth-order valence-corrected chi connectivity index (χ4v) is 2.18. The average Bonchev–Trinajstić information content (AvgIpc) is 2.42. The zero-order valence-corrected chi connectivity index (χ0v) is 11.7. The van der Waals surface area contributed by atoms with Gasteiger partial charge in [0, 0.05) is 24.4 Å². The van der Waals surface area contributed by atoms with Crippen molar-refractivity contribution in [1.29, 1.82) is 0 Å². The molecule has 0 aliphatic carbocycles. The van der Waals surface area contributed by atoms with Gasteiger partial charge in [0.25, 0.3) is 5.69 Å². The summed E-state index contributed by atoms with van der Waals surface area (Å²) in [6, 6.07) is 13.2. The molecule has 0 amide bonds. The van der Waals surface area contributed by atoms with Crippen molar-refractivity contribution in [2.24, 2.45) is 0 Å². The first-order valence-electron chi connectivity index (χ1n) is 6.61. The monoisotopic (exact) mass is 270 g/mol. The molecule has 0 aliphatic heterocycles. The van der Waals surface area contributed by atoms with E-state index in [4.69, 9.17) is 0 Å². The number of aryl methyl sites for hydroxylation is 2. The summed E-state index contributed by atoms with van der Waals surface area (Å²) in [6.07, 6.45) is 0.934. The molecule has 0 heterocycles. The quantitative estimate of drug-likeness (QED) is 0.663. The maximum absolute atomic E-state index is 10.7. The smallest absolute Gasteiger partial charge is 0.269 e. The third-order valence-electron chi connectivity index (χ3n) is 3.39. The molecule has 1 N–H and O–H groups in total. The Hall–Kier alpha value is -2.36. The Bertz CT molecular complexity index is 624. The Morgan fingerprint density at radius 3 is 2.50 bits per heavy atom. The maximum atomic E-state index is 10.7. The maximum Gasteiger partial charge on any atom is 0.269 e. The zero-order chi connectivity index (χ0) is 14.5. The summed E-state index contributed by atoms with van der Waals surface area (Å²) in [5.74, 6) is 0. The molecular weight excluding hydrogens is 252 g/mol. The van der Waals surface area contributed by atoms with E-state index in [9.17, 15) is 10.1 Å². The third-order valence-corrected chi connectivity index (χ3v) is 3.39. The van der Waals surface area contributed by atoms with Gasteiger partial charge in [-0.3, -0.25) is 10.1 Å². The highest BCUT2D eigenvalue weighted by Crippen LogP contribution is 2.21. The van der Waals surface area contributed by atoms with Gasteiger partial charge in [0.05, 0.1) is 4.92 Å². The Labute approximate surface area is 118 Å². The van der Waals surface area contributed by atoms with Crippen LogP contribution in [0, 0.1) is 24.0 Å². The molecule has 2 aromatic carbocycles. The molecule has 20 heavy (non-hydrogen) atoms. The number of non-ortho nitro benzene ring substituents is 1. The van der Waals surface area contributed by atoms with Crippen LogP contribution in [-0.2, 0) is 6.42 Å². The van der Waals surface area contributed by atoms with Crippen molar-refractivity contribution in [2.45, 2.75) is 20.3 Å². The van der Waals surface area contributed by atoms with E-state index < -0.39 is 0 Å². The minimum absolute atomic E-state index is 0.131. The molecule has 2 aromatic rings. The van der Waals surface area contributed by atoms with Gasteiger partial charge < -0.3 is 5.32 Å². The Balaban J connectivity index is 1.98. The van der Waals surface area contributed by atoms with Crippen LogP contribution in [-0.4, -0.2) is 11.5 Å². The van der Waals surface area contributed by atoms with Crippen molar-refractivity contribution >= 4 is 11.4 Å². The lowest BCUT2D eigenvalue weighted by Gasteiger charge is -2.10. The van der Waals surface area contributed by atoms with E-state index >= 15 is 0 Å². The molecule has 0 bridgehead atoms. The Morgan fingerprint density at radius 1 is 1.10 bits per heavy atom. The number of nitro benzene ring substituents is 1. The predicted octanol–water partition coefficient (Wildman–Crippen LogP) is 3.87. The molecule has 4 heteroatoms. The zero-order valence-electron chi connectivity index (χ0n) is 11.7. The minimum atomic E-state index is -0.371. The molecule has 2 rings (SSSR count). The average molecular weight is 270 g/mol. The van der Waals surface area contributed by atoms with Crippen molar-refractivity contribution in [3.05, 3.63) is 69.3 Å². The van der Waals surface area contributed by atoms with E-state index in [-0.39, 0.29) is 10.6 Å². The number of nitro groups is 1. The first-order valence-corrected chi connectivity index (χ1v) is 6.61. The summed E-state index contributed by atoms with van der Waals surface area (Å²) >= 11 is 0. The Morgan fingerprint density at radius 2 is 1.85 bits per heavy atom. The molecule has 0 saturated carbocycles. The summed E-state index contributed by atoms with van der Waals surface area (Å²) < 4.78 is 0. The topological polar surface area (TPSA) is 55.2 Å². The van der Waals surface area contributed by atoms with Crippen LogP contribution in [0.5, 0.6) is 0 Å². The number of anilines is 1. The number of hydrogen-bond acceptors (Lipinski definition) is 3. The van der Waals surface area contributed by atoms with E-state index in [2.05, 4.69) is 24.4 Å². The number of rotatable bonds is 5. The summed E-state index contributed by atoms with van der Waals surface area (Å²) in [5, 5.41) is 14.0. The van der Waals surface area contributed by atoms with Crippen LogP contribution in [0.3, 0.4) is 0 Å².